The van der Waals surface area contributed by atoms with E-state index in [1.807, 2.05) is 0 Å². The van der Waals surface area contributed by atoms with E-state index in [0.717, 1.165) is 23.8 Å². The maximum Gasteiger partial charge on any atom is 0.313 e. The van der Waals surface area contributed by atoms with Crippen LogP contribution in [0.25, 0.3) is 0 Å². The molecule has 1 heterocycles. The van der Waals surface area contributed by atoms with Gasteiger partial charge in [0.05, 0.1) is 5.75 Å². The molecule has 1 aliphatic rings. The number of rotatable bonds is 6. The quantitative estimate of drug-likeness (QED) is 0.804. The number of nitrogens with zero attached hydrogens (tertiary/aromatic N) is 3. The third-order valence-electron chi connectivity index (χ3n) is 3.33. The first-order chi connectivity index (χ1) is 8.50. The van der Waals surface area contributed by atoms with Gasteiger partial charge in [-0.3, -0.25) is 4.79 Å². The molecule has 1 atom stereocenters. The Hall–Kier alpha value is -1.04. The van der Waals surface area contributed by atoms with Crippen LogP contribution in [0.15, 0.2) is 5.16 Å². The third-order valence-corrected chi connectivity index (χ3v) is 4.26. The molecule has 0 amide bonds. The van der Waals surface area contributed by atoms with Crippen molar-refractivity contribution in [2.24, 2.45) is 5.92 Å². The molecular weight excluding hydrogens is 250 g/mol. The van der Waals surface area contributed by atoms with Gasteiger partial charge in [-0.05, 0) is 18.8 Å². The molecule has 1 aromatic heterocycles. The summed E-state index contributed by atoms with van der Waals surface area (Å²) in [6.07, 6.45) is 2.30. The van der Waals surface area contributed by atoms with Crippen molar-refractivity contribution in [3.8, 4) is 0 Å². The van der Waals surface area contributed by atoms with Gasteiger partial charge in [-0.25, -0.2) is 0 Å². The van der Waals surface area contributed by atoms with Crippen LogP contribution >= 0.6 is 11.8 Å². The molecule has 1 unspecified atom stereocenters. The molecule has 5 nitrogen and oxygen atoms in total. The first-order valence-corrected chi connectivity index (χ1v) is 7.28. The van der Waals surface area contributed by atoms with Gasteiger partial charge in [-0.2, -0.15) is 0 Å². The molecular formula is C12H19N3O2S. The second kappa shape index (κ2) is 5.30. The maximum atomic E-state index is 10.6. The molecule has 0 aliphatic heterocycles. The van der Waals surface area contributed by atoms with Gasteiger partial charge in [0, 0.05) is 12.0 Å². The van der Waals surface area contributed by atoms with Crippen LogP contribution in [0.5, 0.6) is 0 Å². The lowest BCUT2D eigenvalue weighted by atomic mass is 9.97. The first kappa shape index (κ1) is 13.4. The molecule has 1 saturated carbocycles. The SMILES string of the molecule is CC(C)C(C)c1nnc(SCC(=O)O)n1C1CC1. The molecule has 0 aromatic carbocycles. The summed E-state index contributed by atoms with van der Waals surface area (Å²) in [5.41, 5.74) is 0. The van der Waals surface area contributed by atoms with Crippen LogP contribution in [-0.2, 0) is 4.79 Å². The lowest BCUT2D eigenvalue weighted by Gasteiger charge is -2.16. The van der Waals surface area contributed by atoms with Crippen LogP contribution in [-0.4, -0.2) is 31.6 Å². The smallest absolute Gasteiger partial charge is 0.313 e. The second-order valence-corrected chi connectivity index (χ2v) is 6.10. The van der Waals surface area contributed by atoms with E-state index in [9.17, 15) is 4.79 Å². The fourth-order valence-corrected chi connectivity index (χ4v) is 2.53. The van der Waals surface area contributed by atoms with Crippen LogP contribution in [0, 0.1) is 5.92 Å². The average Bonchev–Trinajstić information content (AvgIpc) is 3.05. The first-order valence-electron chi connectivity index (χ1n) is 6.30. The predicted octanol–water partition coefficient (Wildman–Crippen LogP) is 2.55. The van der Waals surface area contributed by atoms with Crippen molar-refractivity contribution in [2.45, 2.75) is 50.7 Å². The van der Waals surface area contributed by atoms with Crippen molar-refractivity contribution in [2.75, 3.05) is 5.75 Å². The Morgan fingerprint density at radius 1 is 1.44 bits per heavy atom. The van der Waals surface area contributed by atoms with Gasteiger partial charge in [0.25, 0.3) is 0 Å². The van der Waals surface area contributed by atoms with Gasteiger partial charge in [0.1, 0.15) is 5.82 Å². The van der Waals surface area contributed by atoms with Crippen molar-refractivity contribution >= 4 is 17.7 Å². The van der Waals surface area contributed by atoms with Crippen LogP contribution in [0.4, 0.5) is 0 Å². The lowest BCUT2D eigenvalue weighted by molar-refractivity contribution is -0.133. The minimum absolute atomic E-state index is 0.0426. The normalized spacial score (nSPS) is 17.1. The molecule has 0 bridgehead atoms. The largest absolute Gasteiger partial charge is 0.481 e. The third kappa shape index (κ3) is 2.85. The highest BCUT2D eigenvalue weighted by Crippen LogP contribution is 2.40. The number of hydrogen-bond donors (Lipinski definition) is 1. The van der Waals surface area contributed by atoms with Crippen molar-refractivity contribution in [3.63, 3.8) is 0 Å². The molecule has 0 saturated heterocycles. The van der Waals surface area contributed by atoms with E-state index < -0.39 is 5.97 Å². The Morgan fingerprint density at radius 2 is 2.11 bits per heavy atom. The van der Waals surface area contributed by atoms with Gasteiger partial charge in [0.15, 0.2) is 5.16 Å². The molecule has 1 aromatic rings. The van der Waals surface area contributed by atoms with Gasteiger partial charge < -0.3 is 9.67 Å². The standard InChI is InChI=1S/C12H19N3O2S/c1-7(2)8(3)11-13-14-12(18-6-10(16)17)15(11)9-4-5-9/h7-9H,4-6H2,1-3H3,(H,16,17). The van der Waals surface area contributed by atoms with E-state index in [1.54, 1.807) is 0 Å². The predicted molar refractivity (Wildman–Crippen MR) is 69.9 cm³/mol. The summed E-state index contributed by atoms with van der Waals surface area (Å²) >= 11 is 1.26. The summed E-state index contributed by atoms with van der Waals surface area (Å²) in [5.74, 6) is 1.08. The number of aromatic nitrogens is 3. The zero-order chi connectivity index (χ0) is 13.3. The Balaban J connectivity index is 2.23. The van der Waals surface area contributed by atoms with Crippen LogP contribution in [0.1, 0.15) is 51.4 Å². The molecule has 1 fully saturated rings. The summed E-state index contributed by atoms with van der Waals surface area (Å²) in [4.78, 5) is 10.6. The van der Waals surface area contributed by atoms with Gasteiger partial charge >= 0.3 is 5.97 Å². The molecule has 1 aliphatic carbocycles. The Kier molecular flexibility index (Phi) is 3.94. The minimum atomic E-state index is -0.816. The van der Waals surface area contributed by atoms with E-state index in [4.69, 9.17) is 5.11 Å². The molecule has 6 heteroatoms. The summed E-state index contributed by atoms with van der Waals surface area (Å²) in [6, 6.07) is 0.479. The van der Waals surface area contributed by atoms with Gasteiger partial charge in [0.2, 0.25) is 0 Å². The summed E-state index contributed by atoms with van der Waals surface area (Å²) in [7, 11) is 0. The van der Waals surface area contributed by atoms with E-state index in [-0.39, 0.29) is 5.75 Å². The fourth-order valence-electron chi connectivity index (χ4n) is 1.80. The molecule has 1 N–H and O–H groups in total. The van der Waals surface area contributed by atoms with Crippen LogP contribution in [0.2, 0.25) is 0 Å². The number of hydrogen-bond acceptors (Lipinski definition) is 4. The van der Waals surface area contributed by atoms with E-state index in [2.05, 4.69) is 35.5 Å². The zero-order valence-electron chi connectivity index (χ0n) is 11.0. The molecule has 2 rings (SSSR count). The van der Waals surface area contributed by atoms with Crippen molar-refractivity contribution < 1.29 is 9.90 Å². The Morgan fingerprint density at radius 3 is 2.61 bits per heavy atom. The topological polar surface area (TPSA) is 68.0 Å². The average molecular weight is 269 g/mol. The highest BCUT2D eigenvalue weighted by molar-refractivity contribution is 7.99. The number of thioether (sulfide) groups is 1. The number of carboxylic acid groups (broad SMARTS) is 1. The highest BCUT2D eigenvalue weighted by atomic mass is 32.2. The summed E-state index contributed by atoms with van der Waals surface area (Å²) in [6.45, 7) is 6.49. The van der Waals surface area contributed by atoms with E-state index >= 15 is 0 Å². The summed E-state index contributed by atoms with van der Waals surface area (Å²) in [5, 5.41) is 17.9. The second-order valence-electron chi connectivity index (χ2n) is 5.16. The Bertz CT molecular complexity index is 441. The molecule has 100 valence electrons. The number of carbonyl (C=O) groups is 1. The number of aliphatic carboxylic acids is 1. The highest BCUT2D eigenvalue weighted by Gasteiger charge is 2.32. The van der Waals surface area contributed by atoms with Gasteiger partial charge in [-0.15, -0.1) is 10.2 Å². The lowest BCUT2D eigenvalue weighted by Crippen LogP contribution is -2.11. The van der Waals surface area contributed by atoms with Crippen molar-refractivity contribution in [1.82, 2.24) is 14.8 Å². The zero-order valence-corrected chi connectivity index (χ0v) is 11.8. The van der Waals surface area contributed by atoms with Crippen molar-refractivity contribution in [3.05, 3.63) is 5.82 Å². The fraction of sp³-hybridized carbons (Fsp3) is 0.750. The van der Waals surface area contributed by atoms with Crippen LogP contribution < -0.4 is 0 Å². The molecule has 0 spiro atoms. The summed E-state index contributed by atoms with van der Waals surface area (Å²) < 4.78 is 2.15. The van der Waals surface area contributed by atoms with Crippen molar-refractivity contribution in [1.29, 1.82) is 0 Å². The monoisotopic (exact) mass is 269 g/mol. The van der Waals surface area contributed by atoms with E-state index in [1.165, 1.54) is 11.8 Å². The molecule has 18 heavy (non-hydrogen) atoms. The minimum Gasteiger partial charge on any atom is -0.481 e. The van der Waals surface area contributed by atoms with E-state index in [0.29, 0.717) is 17.9 Å². The molecule has 0 radical (unpaired) electrons. The maximum absolute atomic E-state index is 10.6. The Labute approximate surface area is 111 Å². The van der Waals surface area contributed by atoms with Crippen LogP contribution in [0.3, 0.4) is 0 Å². The number of carboxylic acids is 1. The van der Waals surface area contributed by atoms with Gasteiger partial charge in [-0.1, -0.05) is 32.5 Å².